The zero-order valence-electron chi connectivity index (χ0n) is 10.5. The molecule has 0 bridgehead atoms. The molecule has 1 saturated heterocycles. The minimum Gasteiger partial charge on any atom is -0.323 e. The number of nitrogens with one attached hydrogen (secondary N) is 2. The third-order valence-electron chi connectivity index (χ3n) is 3.25. The van der Waals surface area contributed by atoms with Gasteiger partial charge in [0.15, 0.2) is 0 Å². The second-order valence-corrected chi connectivity index (χ2v) is 5.62. The number of carbonyl (C=O) groups excluding carboxylic acids is 1. The summed E-state index contributed by atoms with van der Waals surface area (Å²) in [6.45, 7) is 2.85. The fraction of sp³-hybridized carbons (Fsp3) is 0.462. The zero-order valence-corrected chi connectivity index (χ0v) is 12.0. The summed E-state index contributed by atoms with van der Waals surface area (Å²) < 4.78 is 13.1. The Balaban J connectivity index is 2.10. The lowest BCUT2D eigenvalue weighted by molar-refractivity contribution is -0.120. The maximum atomic E-state index is 13.1. The molecule has 1 aliphatic rings. The maximum Gasteiger partial charge on any atom is 0.227 e. The molecule has 2 atom stereocenters. The molecular formula is C13H15Cl2FN2O. The molecule has 0 radical (unpaired) electrons. The molecule has 2 unspecified atom stereocenters. The molecule has 6 heteroatoms. The standard InChI is InChI=1S/C13H15Cl2FN2O/c1-7-4-8(2-3-17-7)13(19)18-12-10(14)5-9(16)6-11(12)15/h5-8,17H,2-4H2,1H3,(H,18,19). The summed E-state index contributed by atoms with van der Waals surface area (Å²) in [6, 6.07) is 2.58. The molecule has 104 valence electrons. The Bertz CT molecular complexity index is 473. The molecule has 1 aliphatic heterocycles. The Morgan fingerprint density at radius 2 is 2.05 bits per heavy atom. The predicted octanol–water partition coefficient (Wildman–Crippen LogP) is 3.46. The van der Waals surface area contributed by atoms with Crippen LogP contribution in [0.25, 0.3) is 0 Å². The summed E-state index contributed by atoms with van der Waals surface area (Å²) in [5.41, 5.74) is 0.279. The van der Waals surface area contributed by atoms with Crippen molar-refractivity contribution in [1.29, 1.82) is 0 Å². The first-order valence-electron chi connectivity index (χ1n) is 6.16. The molecule has 1 aromatic carbocycles. The van der Waals surface area contributed by atoms with Gasteiger partial charge in [0.2, 0.25) is 5.91 Å². The van der Waals surface area contributed by atoms with Crippen LogP contribution in [0.3, 0.4) is 0 Å². The van der Waals surface area contributed by atoms with Crippen molar-refractivity contribution in [3.8, 4) is 0 Å². The lowest BCUT2D eigenvalue weighted by Gasteiger charge is -2.27. The molecule has 19 heavy (non-hydrogen) atoms. The van der Waals surface area contributed by atoms with Gasteiger partial charge < -0.3 is 10.6 Å². The molecule has 0 spiro atoms. The molecule has 2 rings (SSSR count). The fourth-order valence-electron chi connectivity index (χ4n) is 2.26. The first-order valence-corrected chi connectivity index (χ1v) is 6.91. The molecule has 0 aliphatic carbocycles. The maximum absolute atomic E-state index is 13.1. The number of rotatable bonds is 2. The van der Waals surface area contributed by atoms with Crippen molar-refractivity contribution in [3.05, 3.63) is 28.0 Å². The smallest absolute Gasteiger partial charge is 0.227 e. The monoisotopic (exact) mass is 304 g/mol. The number of amides is 1. The molecule has 1 aromatic rings. The van der Waals surface area contributed by atoms with Crippen molar-refractivity contribution < 1.29 is 9.18 Å². The van der Waals surface area contributed by atoms with Crippen LogP contribution in [0, 0.1) is 11.7 Å². The number of anilines is 1. The van der Waals surface area contributed by atoms with Crippen LogP contribution in [0.15, 0.2) is 12.1 Å². The summed E-state index contributed by atoms with van der Waals surface area (Å²) in [7, 11) is 0. The van der Waals surface area contributed by atoms with E-state index in [-0.39, 0.29) is 27.6 Å². The summed E-state index contributed by atoms with van der Waals surface area (Å²) in [6.07, 6.45) is 1.54. The molecule has 2 N–H and O–H groups in total. The van der Waals surface area contributed by atoms with Gasteiger partial charge in [0.25, 0.3) is 0 Å². The number of hydrogen-bond donors (Lipinski definition) is 2. The fourth-order valence-corrected chi connectivity index (χ4v) is 2.81. The van der Waals surface area contributed by atoms with Gasteiger partial charge >= 0.3 is 0 Å². The highest BCUT2D eigenvalue weighted by Gasteiger charge is 2.25. The van der Waals surface area contributed by atoms with Crippen LogP contribution in [0.2, 0.25) is 10.0 Å². The minimum atomic E-state index is -0.525. The van der Waals surface area contributed by atoms with Crippen molar-refractivity contribution in [2.24, 2.45) is 5.92 Å². The van der Waals surface area contributed by atoms with Crippen LogP contribution in [0.4, 0.5) is 10.1 Å². The summed E-state index contributed by atoms with van der Waals surface area (Å²) in [5.74, 6) is -0.722. The summed E-state index contributed by atoms with van der Waals surface area (Å²) in [5, 5.41) is 6.20. The lowest BCUT2D eigenvalue weighted by Crippen LogP contribution is -2.40. The van der Waals surface area contributed by atoms with E-state index in [2.05, 4.69) is 10.6 Å². The molecule has 3 nitrogen and oxygen atoms in total. The van der Waals surface area contributed by atoms with Gasteiger partial charge in [-0.15, -0.1) is 0 Å². The van der Waals surface area contributed by atoms with Gasteiger partial charge in [-0.2, -0.15) is 0 Å². The van der Waals surface area contributed by atoms with Crippen molar-refractivity contribution in [1.82, 2.24) is 5.32 Å². The Labute approximate surface area is 121 Å². The Kier molecular flexibility index (Phi) is 4.66. The van der Waals surface area contributed by atoms with Crippen molar-refractivity contribution in [2.45, 2.75) is 25.8 Å². The topological polar surface area (TPSA) is 41.1 Å². The SMILES string of the molecule is CC1CC(C(=O)Nc2c(Cl)cc(F)cc2Cl)CCN1. The van der Waals surface area contributed by atoms with Crippen LogP contribution < -0.4 is 10.6 Å². The van der Waals surface area contributed by atoms with Gasteiger partial charge in [0.05, 0.1) is 15.7 Å². The molecular weight excluding hydrogens is 290 g/mol. The lowest BCUT2D eigenvalue weighted by atomic mass is 9.92. The van der Waals surface area contributed by atoms with Crippen molar-refractivity contribution in [3.63, 3.8) is 0 Å². The molecule has 1 heterocycles. The van der Waals surface area contributed by atoms with Crippen LogP contribution in [0.5, 0.6) is 0 Å². The second kappa shape index (κ2) is 6.07. The van der Waals surface area contributed by atoms with E-state index >= 15 is 0 Å². The molecule has 0 saturated carbocycles. The van der Waals surface area contributed by atoms with Crippen molar-refractivity contribution in [2.75, 3.05) is 11.9 Å². The Hall–Kier alpha value is -0.840. The van der Waals surface area contributed by atoms with E-state index in [9.17, 15) is 9.18 Å². The van der Waals surface area contributed by atoms with Crippen LogP contribution >= 0.6 is 23.2 Å². The van der Waals surface area contributed by atoms with E-state index in [0.29, 0.717) is 6.04 Å². The highest BCUT2D eigenvalue weighted by Crippen LogP contribution is 2.32. The normalized spacial score (nSPS) is 23.2. The third kappa shape index (κ3) is 3.59. The first kappa shape index (κ1) is 14.6. The Morgan fingerprint density at radius 1 is 1.42 bits per heavy atom. The highest BCUT2D eigenvalue weighted by molar-refractivity contribution is 6.39. The van der Waals surface area contributed by atoms with E-state index < -0.39 is 5.82 Å². The number of piperidine rings is 1. The van der Waals surface area contributed by atoms with Crippen molar-refractivity contribution >= 4 is 34.8 Å². The van der Waals surface area contributed by atoms with Crippen LogP contribution in [-0.2, 0) is 4.79 Å². The van der Waals surface area contributed by atoms with E-state index in [0.717, 1.165) is 31.5 Å². The van der Waals surface area contributed by atoms with E-state index in [1.54, 1.807) is 0 Å². The van der Waals surface area contributed by atoms with Gasteiger partial charge in [-0.25, -0.2) is 4.39 Å². The van der Waals surface area contributed by atoms with Gasteiger partial charge in [-0.05, 0) is 38.4 Å². The average Bonchev–Trinajstić information content (AvgIpc) is 2.33. The van der Waals surface area contributed by atoms with Gasteiger partial charge in [0.1, 0.15) is 5.82 Å². The van der Waals surface area contributed by atoms with E-state index in [1.165, 1.54) is 0 Å². The van der Waals surface area contributed by atoms with Gasteiger partial charge in [-0.1, -0.05) is 23.2 Å². The van der Waals surface area contributed by atoms with Gasteiger partial charge in [0, 0.05) is 12.0 Å². The molecule has 1 fully saturated rings. The first-order chi connectivity index (χ1) is 8.97. The quantitative estimate of drug-likeness (QED) is 0.878. The van der Waals surface area contributed by atoms with Crippen LogP contribution in [0.1, 0.15) is 19.8 Å². The Morgan fingerprint density at radius 3 is 2.63 bits per heavy atom. The van der Waals surface area contributed by atoms with Crippen LogP contribution in [-0.4, -0.2) is 18.5 Å². The van der Waals surface area contributed by atoms with E-state index in [1.807, 2.05) is 6.92 Å². The number of halogens is 3. The van der Waals surface area contributed by atoms with E-state index in [4.69, 9.17) is 23.2 Å². The predicted molar refractivity (Wildman–Crippen MR) is 75.2 cm³/mol. The molecule has 1 amide bonds. The number of hydrogen-bond acceptors (Lipinski definition) is 2. The zero-order chi connectivity index (χ0) is 14.0. The highest BCUT2D eigenvalue weighted by atomic mass is 35.5. The second-order valence-electron chi connectivity index (χ2n) is 4.81. The minimum absolute atomic E-state index is 0.0755. The number of benzene rings is 1. The molecule has 0 aromatic heterocycles. The third-order valence-corrected chi connectivity index (χ3v) is 3.85. The summed E-state index contributed by atoms with van der Waals surface area (Å²) in [4.78, 5) is 12.2. The van der Waals surface area contributed by atoms with Gasteiger partial charge in [-0.3, -0.25) is 4.79 Å². The summed E-state index contributed by atoms with van der Waals surface area (Å²) >= 11 is 11.8. The number of carbonyl (C=O) groups is 1. The average molecular weight is 305 g/mol. The largest absolute Gasteiger partial charge is 0.323 e.